The maximum Gasteiger partial charge on any atom is 0.252 e. The molecule has 1 aromatic heterocycles. The van der Waals surface area contributed by atoms with Gasteiger partial charge in [0.15, 0.2) is 0 Å². The van der Waals surface area contributed by atoms with Crippen molar-refractivity contribution in [2.45, 2.75) is 23.6 Å². The van der Waals surface area contributed by atoms with Crippen LogP contribution in [0.2, 0.25) is 0 Å². The molecular formula is C9H15ClN2O2S2. The van der Waals surface area contributed by atoms with E-state index >= 15 is 0 Å². The van der Waals surface area contributed by atoms with Gasteiger partial charge in [-0.25, -0.2) is 8.42 Å². The first-order valence-electron chi connectivity index (χ1n) is 4.82. The van der Waals surface area contributed by atoms with Gasteiger partial charge in [0.1, 0.15) is 4.21 Å². The van der Waals surface area contributed by atoms with Crippen LogP contribution in [0, 0.1) is 6.92 Å². The Morgan fingerprint density at radius 1 is 1.50 bits per heavy atom. The molecule has 0 saturated carbocycles. The second-order valence-corrected chi connectivity index (χ2v) is 7.23. The molecule has 0 radical (unpaired) electrons. The zero-order chi connectivity index (χ0) is 11.1. The van der Waals surface area contributed by atoms with Crippen molar-refractivity contribution in [3.05, 3.63) is 17.0 Å². The van der Waals surface area contributed by atoms with Gasteiger partial charge in [-0.3, -0.25) is 0 Å². The van der Waals surface area contributed by atoms with Crippen LogP contribution >= 0.6 is 23.7 Å². The van der Waals surface area contributed by atoms with Gasteiger partial charge in [-0.2, -0.15) is 4.31 Å². The quantitative estimate of drug-likeness (QED) is 0.887. The average molecular weight is 283 g/mol. The van der Waals surface area contributed by atoms with Crippen LogP contribution < -0.4 is 5.73 Å². The highest BCUT2D eigenvalue weighted by Crippen LogP contribution is 2.26. The minimum Gasteiger partial charge on any atom is -0.326 e. The Morgan fingerprint density at radius 2 is 2.19 bits per heavy atom. The molecule has 7 heteroatoms. The van der Waals surface area contributed by atoms with Crippen molar-refractivity contribution in [1.82, 2.24) is 4.31 Å². The van der Waals surface area contributed by atoms with E-state index in [9.17, 15) is 8.42 Å². The van der Waals surface area contributed by atoms with E-state index in [-0.39, 0.29) is 18.4 Å². The number of hydrogen-bond donors (Lipinski definition) is 1. The van der Waals surface area contributed by atoms with Crippen LogP contribution in [-0.2, 0) is 10.0 Å². The zero-order valence-corrected chi connectivity index (χ0v) is 11.4. The van der Waals surface area contributed by atoms with Crippen LogP contribution in [0.15, 0.2) is 16.3 Å². The number of nitrogens with two attached hydrogens (primary N) is 1. The van der Waals surface area contributed by atoms with Crippen molar-refractivity contribution in [3.8, 4) is 0 Å². The van der Waals surface area contributed by atoms with E-state index in [4.69, 9.17) is 5.73 Å². The van der Waals surface area contributed by atoms with Gasteiger partial charge >= 0.3 is 0 Å². The van der Waals surface area contributed by atoms with Crippen LogP contribution in [0.3, 0.4) is 0 Å². The Bertz CT molecular complexity index is 458. The normalized spacial score (nSPS) is 22.0. The predicted octanol–water partition coefficient (Wildman–Crippen LogP) is 1.20. The topological polar surface area (TPSA) is 63.4 Å². The number of aryl methyl sites for hydroxylation is 1. The third kappa shape index (κ3) is 2.57. The third-order valence-corrected chi connectivity index (χ3v) is 5.83. The molecule has 2 rings (SSSR count). The third-order valence-electron chi connectivity index (χ3n) is 2.50. The highest BCUT2D eigenvalue weighted by atomic mass is 35.5. The number of hydrogen-bond acceptors (Lipinski definition) is 4. The van der Waals surface area contributed by atoms with Gasteiger partial charge in [-0.15, -0.1) is 23.7 Å². The fourth-order valence-electron chi connectivity index (χ4n) is 1.65. The van der Waals surface area contributed by atoms with Crippen molar-refractivity contribution >= 4 is 33.8 Å². The number of rotatable bonds is 2. The van der Waals surface area contributed by atoms with Gasteiger partial charge < -0.3 is 5.73 Å². The lowest BCUT2D eigenvalue weighted by Gasteiger charge is -2.13. The van der Waals surface area contributed by atoms with E-state index in [2.05, 4.69) is 0 Å². The molecule has 0 unspecified atom stereocenters. The number of halogens is 1. The summed E-state index contributed by atoms with van der Waals surface area (Å²) >= 11 is 1.31. The molecule has 16 heavy (non-hydrogen) atoms. The maximum absolute atomic E-state index is 12.1. The Kier molecular flexibility index (Phi) is 4.36. The molecule has 1 fully saturated rings. The molecule has 4 nitrogen and oxygen atoms in total. The number of thiophene rings is 1. The Morgan fingerprint density at radius 3 is 2.62 bits per heavy atom. The second-order valence-electron chi connectivity index (χ2n) is 3.78. The minimum absolute atomic E-state index is 0. The van der Waals surface area contributed by atoms with Gasteiger partial charge in [0.2, 0.25) is 0 Å². The molecule has 2 heterocycles. The molecule has 0 spiro atoms. The first-order valence-corrected chi connectivity index (χ1v) is 7.08. The van der Waals surface area contributed by atoms with Crippen molar-refractivity contribution in [3.63, 3.8) is 0 Å². The van der Waals surface area contributed by atoms with Crippen molar-refractivity contribution in [1.29, 1.82) is 0 Å². The molecule has 0 bridgehead atoms. The number of nitrogens with zero attached hydrogens (tertiary/aromatic N) is 1. The van der Waals surface area contributed by atoms with Gasteiger partial charge in [0.05, 0.1) is 0 Å². The summed E-state index contributed by atoms with van der Waals surface area (Å²) in [5, 5.41) is 0. The first kappa shape index (κ1) is 13.9. The minimum atomic E-state index is -3.28. The van der Waals surface area contributed by atoms with E-state index in [1.54, 1.807) is 6.07 Å². The molecule has 1 aromatic rings. The summed E-state index contributed by atoms with van der Waals surface area (Å²) in [6.45, 7) is 2.89. The molecule has 1 atom stereocenters. The molecule has 1 aliphatic rings. The predicted molar refractivity (Wildman–Crippen MR) is 67.7 cm³/mol. The molecule has 1 aliphatic heterocycles. The van der Waals surface area contributed by atoms with Crippen LogP contribution in [0.25, 0.3) is 0 Å². The van der Waals surface area contributed by atoms with Gasteiger partial charge in [0.25, 0.3) is 10.0 Å². The fraction of sp³-hybridized carbons (Fsp3) is 0.556. The summed E-state index contributed by atoms with van der Waals surface area (Å²) < 4.78 is 26.0. The molecule has 0 aromatic carbocycles. The lowest BCUT2D eigenvalue weighted by molar-refractivity contribution is 0.474. The van der Waals surface area contributed by atoms with Gasteiger partial charge in [-0.1, -0.05) is 0 Å². The highest BCUT2D eigenvalue weighted by Gasteiger charge is 2.31. The Balaban J connectivity index is 0.00000128. The Labute approximate surface area is 106 Å². The highest BCUT2D eigenvalue weighted by molar-refractivity contribution is 7.91. The molecule has 0 amide bonds. The average Bonchev–Trinajstić information content (AvgIpc) is 2.74. The van der Waals surface area contributed by atoms with Crippen LogP contribution in [0.4, 0.5) is 0 Å². The lowest BCUT2D eigenvalue weighted by atomic mass is 10.3. The summed E-state index contributed by atoms with van der Waals surface area (Å²) in [5.74, 6) is 0. The molecule has 2 N–H and O–H groups in total. The van der Waals surface area contributed by atoms with Crippen molar-refractivity contribution < 1.29 is 8.42 Å². The van der Waals surface area contributed by atoms with E-state index in [1.807, 2.05) is 13.0 Å². The molecule has 1 saturated heterocycles. The standard InChI is InChI=1S/C9H14N2O2S2.ClH/c1-7-2-3-9(14-7)15(12,13)11-5-4-8(10)6-11;/h2-3,8H,4-6,10H2,1H3;1H/t8-;/m1./s1. The van der Waals surface area contributed by atoms with Gasteiger partial charge in [0, 0.05) is 24.0 Å². The SMILES string of the molecule is Cc1ccc(S(=O)(=O)N2CC[C@@H](N)C2)s1.Cl. The van der Waals surface area contributed by atoms with Crippen molar-refractivity contribution in [2.24, 2.45) is 5.73 Å². The zero-order valence-electron chi connectivity index (χ0n) is 8.92. The van der Waals surface area contributed by atoms with Crippen LogP contribution in [0.1, 0.15) is 11.3 Å². The molecule has 92 valence electrons. The summed E-state index contributed by atoms with van der Waals surface area (Å²) in [4.78, 5) is 1.01. The molecule has 0 aliphatic carbocycles. The fourth-order valence-corrected chi connectivity index (χ4v) is 4.60. The summed E-state index contributed by atoms with van der Waals surface area (Å²) in [6.07, 6.45) is 0.754. The summed E-state index contributed by atoms with van der Waals surface area (Å²) in [5.41, 5.74) is 5.70. The first-order chi connectivity index (χ1) is 7.00. The Hall–Kier alpha value is -0.140. The van der Waals surface area contributed by atoms with Crippen LogP contribution in [0.5, 0.6) is 0 Å². The summed E-state index contributed by atoms with van der Waals surface area (Å²) in [6, 6.07) is 3.48. The maximum atomic E-state index is 12.1. The van der Waals surface area contributed by atoms with E-state index in [0.29, 0.717) is 17.3 Å². The monoisotopic (exact) mass is 282 g/mol. The second kappa shape index (κ2) is 5.01. The van der Waals surface area contributed by atoms with E-state index < -0.39 is 10.0 Å². The van der Waals surface area contributed by atoms with Crippen LogP contribution in [-0.4, -0.2) is 31.9 Å². The number of sulfonamides is 1. The smallest absolute Gasteiger partial charge is 0.252 e. The molecular weight excluding hydrogens is 268 g/mol. The summed E-state index contributed by atoms with van der Waals surface area (Å²) in [7, 11) is -3.28. The van der Waals surface area contributed by atoms with E-state index in [0.717, 1.165) is 11.3 Å². The lowest BCUT2D eigenvalue weighted by Crippen LogP contribution is -2.31. The van der Waals surface area contributed by atoms with Crippen molar-refractivity contribution in [2.75, 3.05) is 13.1 Å². The van der Waals surface area contributed by atoms with E-state index in [1.165, 1.54) is 15.6 Å². The van der Waals surface area contributed by atoms with Gasteiger partial charge in [-0.05, 0) is 25.5 Å². The largest absolute Gasteiger partial charge is 0.326 e.